The van der Waals surface area contributed by atoms with Gasteiger partial charge in [0.1, 0.15) is 0 Å². The average Bonchev–Trinajstić information content (AvgIpc) is 2.70. The fraction of sp³-hybridized carbons (Fsp3) is 0.800. The van der Waals surface area contributed by atoms with E-state index >= 15 is 0 Å². The maximum absolute atomic E-state index is 6.48. The van der Waals surface area contributed by atoms with Crippen molar-refractivity contribution < 1.29 is 0 Å². The van der Waals surface area contributed by atoms with Crippen LogP contribution in [0.4, 0.5) is 0 Å². The second-order valence-corrected chi connectivity index (χ2v) is 6.61. The van der Waals surface area contributed by atoms with Crippen LogP contribution in [-0.2, 0) is 20.0 Å². The number of hydrogen-bond acceptors (Lipinski definition) is 3. The zero-order valence-corrected chi connectivity index (χ0v) is 14.1. The Morgan fingerprint density at radius 2 is 2.15 bits per heavy atom. The van der Waals surface area contributed by atoms with Crippen LogP contribution in [0.1, 0.15) is 45.5 Å². The van der Waals surface area contributed by atoms with Crippen LogP contribution in [0.5, 0.6) is 0 Å². The summed E-state index contributed by atoms with van der Waals surface area (Å²) in [7, 11) is 1.99. The van der Waals surface area contributed by atoms with Crippen molar-refractivity contribution in [2.24, 2.45) is 7.05 Å². The first-order chi connectivity index (χ1) is 9.40. The van der Waals surface area contributed by atoms with Gasteiger partial charge in [-0.15, -0.1) is 0 Å². The molecule has 2 atom stereocenters. The van der Waals surface area contributed by atoms with Crippen molar-refractivity contribution in [2.45, 2.75) is 58.7 Å². The third-order valence-electron chi connectivity index (χ3n) is 4.64. The molecule has 0 saturated carbocycles. The molecule has 0 aliphatic carbocycles. The normalized spacial score (nSPS) is 28.0. The topological polar surface area (TPSA) is 33.1 Å². The van der Waals surface area contributed by atoms with Crippen LogP contribution >= 0.6 is 11.6 Å². The van der Waals surface area contributed by atoms with Crippen LogP contribution in [0, 0.1) is 0 Å². The van der Waals surface area contributed by atoms with Crippen molar-refractivity contribution in [3.8, 4) is 0 Å². The molecule has 5 heteroatoms. The number of halogens is 1. The number of nitrogens with one attached hydrogen (secondary N) is 1. The molecule has 1 aliphatic heterocycles. The lowest BCUT2D eigenvalue weighted by Crippen LogP contribution is -2.61. The quantitative estimate of drug-likeness (QED) is 0.927. The van der Waals surface area contributed by atoms with E-state index in [-0.39, 0.29) is 5.54 Å². The molecular weight excluding hydrogens is 272 g/mol. The summed E-state index contributed by atoms with van der Waals surface area (Å²) >= 11 is 6.48. The summed E-state index contributed by atoms with van der Waals surface area (Å²) in [5, 5.41) is 9.02. The van der Waals surface area contributed by atoms with Crippen molar-refractivity contribution in [1.29, 1.82) is 0 Å². The van der Waals surface area contributed by atoms with E-state index in [4.69, 9.17) is 11.6 Å². The maximum Gasteiger partial charge on any atom is 0.0863 e. The third kappa shape index (κ3) is 3.02. The highest BCUT2D eigenvalue weighted by Crippen LogP contribution is 2.26. The van der Waals surface area contributed by atoms with Gasteiger partial charge in [0, 0.05) is 38.3 Å². The Labute approximate surface area is 127 Å². The summed E-state index contributed by atoms with van der Waals surface area (Å²) in [6, 6.07) is 0.519. The molecule has 4 nitrogen and oxygen atoms in total. The number of aromatic nitrogens is 2. The molecule has 0 radical (unpaired) electrons. The second-order valence-electron chi connectivity index (χ2n) is 6.23. The number of aryl methyl sites for hydroxylation is 2. The molecule has 2 heterocycles. The van der Waals surface area contributed by atoms with Crippen molar-refractivity contribution in [3.63, 3.8) is 0 Å². The highest BCUT2D eigenvalue weighted by atomic mass is 35.5. The number of piperazine rings is 1. The Balaban J connectivity index is 2.18. The molecule has 0 aromatic carbocycles. The van der Waals surface area contributed by atoms with Gasteiger partial charge in [-0.2, -0.15) is 5.10 Å². The monoisotopic (exact) mass is 298 g/mol. The largest absolute Gasteiger partial charge is 0.309 e. The van der Waals surface area contributed by atoms with E-state index in [2.05, 4.69) is 43.0 Å². The van der Waals surface area contributed by atoms with Crippen LogP contribution in [0.25, 0.3) is 0 Å². The Bertz CT molecular complexity index is 471. The number of hydrogen-bond donors (Lipinski definition) is 1. The Hall–Kier alpha value is -0.580. The lowest BCUT2D eigenvalue weighted by molar-refractivity contribution is 0.0844. The molecule has 2 unspecified atom stereocenters. The first-order valence-corrected chi connectivity index (χ1v) is 7.97. The highest BCUT2D eigenvalue weighted by Gasteiger charge is 2.33. The van der Waals surface area contributed by atoms with Gasteiger partial charge in [0.2, 0.25) is 0 Å². The lowest BCUT2D eigenvalue weighted by Gasteiger charge is -2.45. The standard InChI is InChI=1S/C15H27ClN4/c1-6-12-14(16)13(19(5)18-12)9-20-10-15(4,7-2)17-8-11(20)3/h11,17H,6-10H2,1-5H3. The molecule has 0 bridgehead atoms. The Morgan fingerprint density at radius 3 is 2.70 bits per heavy atom. The van der Waals surface area contributed by atoms with Gasteiger partial charge in [-0.1, -0.05) is 25.4 Å². The van der Waals surface area contributed by atoms with Crippen LogP contribution in [0.3, 0.4) is 0 Å². The summed E-state index contributed by atoms with van der Waals surface area (Å²) in [5.41, 5.74) is 2.34. The van der Waals surface area contributed by atoms with E-state index in [0.717, 1.165) is 48.9 Å². The van der Waals surface area contributed by atoms with Crippen LogP contribution in [0.2, 0.25) is 5.02 Å². The van der Waals surface area contributed by atoms with E-state index in [9.17, 15) is 0 Å². The van der Waals surface area contributed by atoms with E-state index < -0.39 is 0 Å². The molecule has 0 spiro atoms. The van der Waals surface area contributed by atoms with Crippen molar-refractivity contribution in [3.05, 3.63) is 16.4 Å². The maximum atomic E-state index is 6.48. The summed E-state index contributed by atoms with van der Waals surface area (Å²) in [6.07, 6.45) is 2.02. The van der Waals surface area contributed by atoms with E-state index in [0.29, 0.717) is 6.04 Å². The van der Waals surface area contributed by atoms with E-state index in [1.807, 2.05) is 11.7 Å². The van der Waals surface area contributed by atoms with Crippen molar-refractivity contribution >= 4 is 11.6 Å². The lowest BCUT2D eigenvalue weighted by atomic mass is 9.93. The van der Waals surface area contributed by atoms with Gasteiger partial charge in [-0.05, 0) is 26.7 Å². The summed E-state index contributed by atoms with van der Waals surface area (Å²) in [6.45, 7) is 11.9. The van der Waals surface area contributed by atoms with E-state index in [1.54, 1.807) is 0 Å². The Kier molecular flexibility index (Phi) is 4.77. The minimum absolute atomic E-state index is 0.200. The van der Waals surface area contributed by atoms with E-state index in [1.165, 1.54) is 0 Å². The molecule has 114 valence electrons. The van der Waals surface area contributed by atoms with Gasteiger partial charge in [-0.3, -0.25) is 9.58 Å². The molecule has 20 heavy (non-hydrogen) atoms. The van der Waals surface area contributed by atoms with Gasteiger partial charge in [0.15, 0.2) is 0 Å². The fourth-order valence-electron chi connectivity index (χ4n) is 2.82. The second kappa shape index (κ2) is 6.04. The van der Waals surface area contributed by atoms with Crippen molar-refractivity contribution in [1.82, 2.24) is 20.0 Å². The average molecular weight is 299 g/mol. The molecule has 1 aromatic rings. The zero-order chi connectivity index (χ0) is 14.9. The van der Waals surface area contributed by atoms with Crippen molar-refractivity contribution in [2.75, 3.05) is 13.1 Å². The first-order valence-electron chi connectivity index (χ1n) is 7.59. The molecule has 2 rings (SSSR count). The van der Waals surface area contributed by atoms with Gasteiger partial charge >= 0.3 is 0 Å². The predicted molar refractivity (Wildman–Crippen MR) is 84.2 cm³/mol. The van der Waals surface area contributed by atoms with Gasteiger partial charge in [0.05, 0.1) is 16.4 Å². The summed E-state index contributed by atoms with van der Waals surface area (Å²) in [4.78, 5) is 2.52. The van der Waals surface area contributed by atoms with Crippen LogP contribution < -0.4 is 5.32 Å². The first kappa shape index (κ1) is 15.8. The molecular formula is C15H27ClN4. The molecule has 1 aliphatic rings. The van der Waals surface area contributed by atoms with Crippen LogP contribution in [-0.4, -0.2) is 39.4 Å². The molecule has 1 saturated heterocycles. The van der Waals surface area contributed by atoms with Gasteiger partial charge in [0.25, 0.3) is 0 Å². The van der Waals surface area contributed by atoms with Gasteiger partial charge in [-0.25, -0.2) is 0 Å². The summed E-state index contributed by atoms with van der Waals surface area (Å²) in [5.74, 6) is 0. The smallest absolute Gasteiger partial charge is 0.0863 e. The Morgan fingerprint density at radius 1 is 1.45 bits per heavy atom. The minimum Gasteiger partial charge on any atom is -0.309 e. The third-order valence-corrected chi connectivity index (χ3v) is 5.07. The predicted octanol–water partition coefficient (Wildman–Crippen LogP) is 2.60. The van der Waals surface area contributed by atoms with Gasteiger partial charge < -0.3 is 5.32 Å². The number of rotatable bonds is 4. The van der Waals surface area contributed by atoms with Crippen LogP contribution in [0.15, 0.2) is 0 Å². The fourth-order valence-corrected chi connectivity index (χ4v) is 3.17. The minimum atomic E-state index is 0.200. The number of nitrogens with zero attached hydrogens (tertiary/aromatic N) is 3. The molecule has 0 amide bonds. The summed E-state index contributed by atoms with van der Waals surface area (Å²) < 4.78 is 1.94. The molecule has 1 fully saturated rings. The molecule has 1 aromatic heterocycles. The molecule has 1 N–H and O–H groups in total. The highest BCUT2D eigenvalue weighted by molar-refractivity contribution is 6.31. The zero-order valence-electron chi connectivity index (χ0n) is 13.3. The SMILES string of the molecule is CCc1nn(C)c(CN2CC(C)(CC)NCC2C)c1Cl.